The highest BCUT2D eigenvalue weighted by molar-refractivity contribution is 5.85. The molecule has 0 saturated carbocycles. The fourth-order valence-electron chi connectivity index (χ4n) is 4.22. The fraction of sp³-hybridized carbons (Fsp3) is 0.435. The van der Waals surface area contributed by atoms with Gasteiger partial charge < -0.3 is 19.1 Å². The zero-order chi connectivity index (χ0) is 23.2. The molecule has 3 aromatic rings. The lowest BCUT2D eigenvalue weighted by atomic mass is 10.0. The third kappa shape index (κ3) is 5.40. The fourth-order valence-corrected chi connectivity index (χ4v) is 4.22. The minimum absolute atomic E-state index is 0. The molecule has 0 bridgehead atoms. The van der Waals surface area contributed by atoms with Crippen LogP contribution in [-0.2, 0) is 11.3 Å². The highest BCUT2D eigenvalue weighted by Crippen LogP contribution is 2.37. The topological polar surface area (TPSA) is 77.8 Å². The van der Waals surface area contributed by atoms with Crippen LogP contribution in [0, 0.1) is 5.82 Å². The Labute approximate surface area is 204 Å². The van der Waals surface area contributed by atoms with Crippen molar-refractivity contribution in [3.63, 3.8) is 0 Å². The van der Waals surface area contributed by atoms with Crippen LogP contribution in [0.4, 0.5) is 10.1 Å². The molecule has 2 heterocycles. The molecule has 2 aromatic carbocycles. The first-order chi connectivity index (χ1) is 16.2. The van der Waals surface area contributed by atoms with E-state index in [1.165, 1.54) is 6.07 Å². The van der Waals surface area contributed by atoms with E-state index in [0.29, 0.717) is 62.3 Å². The van der Waals surface area contributed by atoms with Crippen LogP contribution in [0.1, 0.15) is 17.4 Å². The van der Waals surface area contributed by atoms with E-state index in [9.17, 15) is 4.39 Å². The molecular weight excluding hydrogens is 463 g/mol. The minimum Gasteiger partial charge on any atom is -0.497 e. The molecule has 1 unspecified atom stereocenters. The highest BCUT2D eigenvalue weighted by Gasteiger charge is 2.33. The van der Waals surface area contributed by atoms with E-state index in [1.807, 2.05) is 30.3 Å². The summed E-state index contributed by atoms with van der Waals surface area (Å²) in [6.07, 6.45) is 0. The number of ether oxygens (including phenoxy) is 3. The van der Waals surface area contributed by atoms with E-state index in [-0.39, 0.29) is 24.3 Å². The molecule has 1 atom stereocenters. The van der Waals surface area contributed by atoms with Crippen molar-refractivity contribution in [3.05, 3.63) is 59.7 Å². The van der Waals surface area contributed by atoms with E-state index in [4.69, 9.17) is 14.2 Å². The van der Waals surface area contributed by atoms with Crippen molar-refractivity contribution >= 4 is 18.1 Å². The van der Waals surface area contributed by atoms with Gasteiger partial charge >= 0.3 is 0 Å². The van der Waals surface area contributed by atoms with Crippen LogP contribution in [0.25, 0.3) is 0 Å². The van der Waals surface area contributed by atoms with E-state index < -0.39 is 0 Å². The van der Waals surface area contributed by atoms with Crippen LogP contribution in [0.5, 0.6) is 11.5 Å². The maximum absolute atomic E-state index is 14.3. The molecule has 0 aliphatic carbocycles. The van der Waals surface area contributed by atoms with Crippen molar-refractivity contribution in [2.24, 2.45) is 0 Å². The van der Waals surface area contributed by atoms with Gasteiger partial charge in [0.05, 0.1) is 33.1 Å². The predicted molar refractivity (Wildman–Crippen MR) is 129 cm³/mol. The van der Waals surface area contributed by atoms with Crippen molar-refractivity contribution in [2.75, 3.05) is 59.0 Å². The van der Waals surface area contributed by atoms with Crippen molar-refractivity contribution in [1.82, 2.24) is 25.1 Å². The van der Waals surface area contributed by atoms with Crippen molar-refractivity contribution < 1.29 is 18.6 Å². The minimum atomic E-state index is -0.250. The van der Waals surface area contributed by atoms with Gasteiger partial charge in [-0.15, -0.1) is 17.5 Å². The van der Waals surface area contributed by atoms with E-state index in [1.54, 1.807) is 32.1 Å². The average Bonchev–Trinajstić information content (AvgIpc) is 3.32. The molecular formula is C23H30ClFN6O3. The molecule has 184 valence electrons. The number of anilines is 1. The highest BCUT2D eigenvalue weighted by atomic mass is 35.5. The second kappa shape index (κ2) is 12.0. The summed E-state index contributed by atoms with van der Waals surface area (Å²) in [7, 11) is 4.91. The lowest BCUT2D eigenvalue weighted by Crippen LogP contribution is -2.48. The molecule has 0 spiro atoms. The van der Waals surface area contributed by atoms with Crippen molar-refractivity contribution in [2.45, 2.75) is 12.6 Å². The number of halogens is 2. The van der Waals surface area contributed by atoms with E-state index in [2.05, 4.69) is 25.3 Å². The van der Waals surface area contributed by atoms with E-state index in [0.717, 1.165) is 5.56 Å². The normalized spacial score (nSPS) is 15.0. The zero-order valence-electron chi connectivity index (χ0n) is 19.6. The quantitative estimate of drug-likeness (QED) is 0.451. The van der Waals surface area contributed by atoms with Crippen molar-refractivity contribution in [3.8, 4) is 11.5 Å². The van der Waals surface area contributed by atoms with Gasteiger partial charge in [0.25, 0.3) is 0 Å². The molecule has 34 heavy (non-hydrogen) atoms. The number of tetrazole rings is 1. The van der Waals surface area contributed by atoms with Crippen LogP contribution >= 0.6 is 12.4 Å². The monoisotopic (exact) mass is 492 g/mol. The molecule has 9 nitrogen and oxygen atoms in total. The second-order valence-corrected chi connectivity index (χ2v) is 7.74. The molecule has 1 aromatic heterocycles. The number of benzene rings is 2. The SMILES string of the molecule is COCCn1nnnc1C(c1ccc(OC)cc1OC)N1CCN(c2ccccc2F)CC1.Cl. The Bertz CT molecular complexity index is 1060. The van der Waals surface area contributed by atoms with Crippen molar-refractivity contribution in [1.29, 1.82) is 0 Å². The summed E-state index contributed by atoms with van der Waals surface area (Å²) in [5, 5.41) is 12.5. The van der Waals surface area contributed by atoms with Gasteiger partial charge in [-0.3, -0.25) is 4.90 Å². The van der Waals surface area contributed by atoms with Gasteiger partial charge in [0.2, 0.25) is 0 Å². The van der Waals surface area contributed by atoms with Gasteiger partial charge in [0, 0.05) is 44.9 Å². The largest absolute Gasteiger partial charge is 0.497 e. The predicted octanol–water partition coefficient (Wildman–Crippen LogP) is 2.81. The number of piperazine rings is 1. The number of aromatic nitrogens is 4. The number of nitrogens with zero attached hydrogens (tertiary/aromatic N) is 6. The number of para-hydroxylation sites is 1. The van der Waals surface area contributed by atoms with Gasteiger partial charge in [0.15, 0.2) is 5.82 Å². The summed E-state index contributed by atoms with van der Waals surface area (Å²) in [6, 6.07) is 12.4. The zero-order valence-corrected chi connectivity index (χ0v) is 20.4. The first kappa shape index (κ1) is 25.7. The van der Waals surface area contributed by atoms with E-state index >= 15 is 0 Å². The Morgan fingerprint density at radius 3 is 2.44 bits per heavy atom. The molecule has 0 radical (unpaired) electrons. The number of methoxy groups -OCH3 is 3. The first-order valence-corrected chi connectivity index (χ1v) is 10.9. The summed E-state index contributed by atoms with van der Waals surface area (Å²) in [6.45, 7) is 3.77. The maximum Gasteiger partial charge on any atom is 0.173 e. The third-order valence-electron chi connectivity index (χ3n) is 5.92. The molecule has 0 amide bonds. The van der Waals surface area contributed by atoms with Crippen LogP contribution in [0.3, 0.4) is 0 Å². The standard InChI is InChI=1S/C23H29FN6O3.ClH/c1-31-15-14-30-23(25-26-27-30)22(18-9-8-17(32-2)16-21(18)33-3)29-12-10-28(11-13-29)20-7-5-4-6-19(20)24;/h4-9,16,22H,10-15H2,1-3H3;1H. The molecule has 11 heteroatoms. The second-order valence-electron chi connectivity index (χ2n) is 7.74. The molecule has 0 N–H and O–H groups in total. The molecule has 1 aliphatic rings. The molecule has 4 rings (SSSR count). The van der Waals surface area contributed by atoms with Gasteiger partial charge in [-0.05, 0) is 34.7 Å². The molecule has 1 fully saturated rings. The summed E-state index contributed by atoms with van der Waals surface area (Å²) in [5.74, 6) is 1.90. The first-order valence-electron chi connectivity index (χ1n) is 10.9. The average molecular weight is 493 g/mol. The lowest BCUT2D eigenvalue weighted by Gasteiger charge is -2.40. The van der Waals surface area contributed by atoms with Crippen LogP contribution < -0.4 is 14.4 Å². The number of rotatable bonds is 9. The summed E-state index contributed by atoms with van der Waals surface area (Å²) in [4.78, 5) is 4.37. The summed E-state index contributed by atoms with van der Waals surface area (Å²) in [5.41, 5.74) is 1.56. The Balaban J connectivity index is 0.00000324. The number of hydrogen-bond donors (Lipinski definition) is 0. The van der Waals surface area contributed by atoms with Gasteiger partial charge in [-0.2, -0.15) is 0 Å². The Morgan fingerprint density at radius 2 is 1.76 bits per heavy atom. The Kier molecular flexibility index (Phi) is 9.03. The van der Waals surface area contributed by atoms with Crippen LogP contribution in [0.15, 0.2) is 42.5 Å². The van der Waals surface area contributed by atoms with Crippen LogP contribution in [0.2, 0.25) is 0 Å². The molecule has 1 aliphatic heterocycles. The molecule has 1 saturated heterocycles. The van der Waals surface area contributed by atoms with Gasteiger partial charge in [-0.1, -0.05) is 12.1 Å². The summed E-state index contributed by atoms with van der Waals surface area (Å²) < 4.78 is 32.4. The number of hydrogen-bond acceptors (Lipinski definition) is 8. The Hall–Kier alpha value is -2.95. The maximum atomic E-state index is 14.3. The lowest BCUT2D eigenvalue weighted by molar-refractivity contribution is 0.171. The van der Waals surface area contributed by atoms with Crippen LogP contribution in [-0.4, -0.2) is 79.2 Å². The van der Waals surface area contributed by atoms with Gasteiger partial charge in [-0.25, -0.2) is 9.07 Å². The van der Waals surface area contributed by atoms with Gasteiger partial charge in [0.1, 0.15) is 23.4 Å². The smallest absolute Gasteiger partial charge is 0.173 e. The Morgan fingerprint density at radius 1 is 1.00 bits per heavy atom. The summed E-state index contributed by atoms with van der Waals surface area (Å²) >= 11 is 0. The third-order valence-corrected chi connectivity index (χ3v) is 5.92.